The summed E-state index contributed by atoms with van der Waals surface area (Å²) in [6.45, 7) is 3.38. The lowest BCUT2D eigenvalue weighted by atomic mass is 10.1. The molecule has 1 saturated heterocycles. The number of nitrogens with zero attached hydrogens (tertiary/aromatic N) is 1. The molecule has 0 amide bonds. The Morgan fingerprint density at radius 2 is 1.75 bits per heavy atom. The van der Waals surface area contributed by atoms with Crippen molar-refractivity contribution >= 4 is 0 Å². The smallest absolute Gasteiger partial charge is 0.125 e. The second-order valence-electron chi connectivity index (χ2n) is 3.47. The Kier molecular flexibility index (Phi) is 3.46. The zero-order valence-corrected chi connectivity index (χ0v) is 7.48. The fourth-order valence-electron chi connectivity index (χ4n) is 1.50. The van der Waals surface area contributed by atoms with Crippen molar-refractivity contribution in [1.29, 1.82) is 0 Å². The number of rotatable bonds is 3. The highest BCUT2D eigenvalue weighted by Crippen LogP contribution is 2.12. The van der Waals surface area contributed by atoms with Crippen LogP contribution in [0.3, 0.4) is 0 Å². The summed E-state index contributed by atoms with van der Waals surface area (Å²) >= 11 is 0. The summed E-state index contributed by atoms with van der Waals surface area (Å²) in [4.78, 5) is 1.91. The third-order valence-electron chi connectivity index (χ3n) is 2.42. The molecule has 4 N–H and O–H groups in total. The molecule has 1 aliphatic rings. The molecule has 0 aromatic rings. The first kappa shape index (κ1) is 9.92. The zero-order valence-electron chi connectivity index (χ0n) is 7.48. The molecule has 0 aromatic carbocycles. The van der Waals surface area contributed by atoms with Crippen LogP contribution in [0.5, 0.6) is 0 Å². The molecule has 3 atom stereocenters. The van der Waals surface area contributed by atoms with Crippen LogP contribution in [0.4, 0.5) is 0 Å². The maximum Gasteiger partial charge on any atom is 0.125 e. The van der Waals surface area contributed by atoms with Crippen LogP contribution in [0.2, 0.25) is 0 Å². The highest BCUT2D eigenvalue weighted by atomic mass is 16.3. The standard InChI is InChI=1S/C8H18N2O2/c1-6(11)7(9)8(12)10-4-2-3-5-10/h6-8,11-12H,2-5,9H2,1H3/t6-,7+,8?/m1/s1. The van der Waals surface area contributed by atoms with E-state index in [1.54, 1.807) is 6.92 Å². The minimum atomic E-state index is -0.688. The summed E-state index contributed by atoms with van der Waals surface area (Å²) in [7, 11) is 0. The molecule has 1 unspecified atom stereocenters. The average molecular weight is 174 g/mol. The first-order chi connectivity index (χ1) is 5.63. The Balaban J connectivity index is 2.39. The molecule has 1 rings (SSSR count). The SMILES string of the molecule is C[C@@H](O)[C@H](N)C(O)N1CCCC1. The summed E-state index contributed by atoms with van der Waals surface area (Å²) in [5.41, 5.74) is 5.60. The number of aliphatic hydroxyl groups is 2. The Morgan fingerprint density at radius 3 is 2.17 bits per heavy atom. The van der Waals surface area contributed by atoms with E-state index in [1.165, 1.54) is 0 Å². The van der Waals surface area contributed by atoms with Gasteiger partial charge < -0.3 is 15.9 Å². The number of likely N-dealkylation sites (tertiary alicyclic amines) is 1. The van der Waals surface area contributed by atoms with E-state index in [4.69, 9.17) is 10.8 Å². The van der Waals surface area contributed by atoms with Gasteiger partial charge in [-0.1, -0.05) is 0 Å². The van der Waals surface area contributed by atoms with Crippen molar-refractivity contribution in [2.24, 2.45) is 5.73 Å². The molecule has 0 radical (unpaired) electrons. The fourth-order valence-corrected chi connectivity index (χ4v) is 1.50. The molecule has 0 saturated carbocycles. The number of aliphatic hydroxyl groups excluding tert-OH is 2. The number of hydrogen-bond acceptors (Lipinski definition) is 4. The van der Waals surface area contributed by atoms with Crippen LogP contribution >= 0.6 is 0 Å². The molecule has 0 aromatic heterocycles. The van der Waals surface area contributed by atoms with Crippen molar-refractivity contribution in [3.63, 3.8) is 0 Å². The quantitative estimate of drug-likeness (QED) is 0.519. The van der Waals surface area contributed by atoms with Crippen LogP contribution in [-0.2, 0) is 0 Å². The summed E-state index contributed by atoms with van der Waals surface area (Å²) < 4.78 is 0. The van der Waals surface area contributed by atoms with Crippen LogP contribution in [-0.4, -0.2) is 46.6 Å². The van der Waals surface area contributed by atoms with Crippen LogP contribution in [0.25, 0.3) is 0 Å². The van der Waals surface area contributed by atoms with E-state index in [-0.39, 0.29) is 0 Å². The second kappa shape index (κ2) is 4.18. The fraction of sp³-hybridized carbons (Fsp3) is 1.00. The molecule has 1 fully saturated rings. The van der Waals surface area contributed by atoms with Gasteiger partial charge in [-0.2, -0.15) is 0 Å². The molecule has 0 spiro atoms. The Labute approximate surface area is 73.0 Å². The minimum Gasteiger partial charge on any atom is -0.392 e. The van der Waals surface area contributed by atoms with E-state index in [2.05, 4.69) is 0 Å². The van der Waals surface area contributed by atoms with Gasteiger partial charge in [0.2, 0.25) is 0 Å². The molecule has 4 heteroatoms. The largest absolute Gasteiger partial charge is 0.392 e. The summed E-state index contributed by atoms with van der Waals surface area (Å²) in [6, 6.07) is -0.553. The minimum absolute atomic E-state index is 0.553. The Bertz CT molecular complexity index is 133. The molecule has 0 aliphatic carbocycles. The predicted molar refractivity (Wildman–Crippen MR) is 46.5 cm³/mol. The summed E-state index contributed by atoms with van der Waals surface area (Å²) in [5.74, 6) is 0. The lowest BCUT2D eigenvalue weighted by Gasteiger charge is -2.29. The topological polar surface area (TPSA) is 69.7 Å². The monoisotopic (exact) mass is 174 g/mol. The van der Waals surface area contributed by atoms with E-state index in [0.29, 0.717) is 0 Å². The van der Waals surface area contributed by atoms with Gasteiger partial charge in [-0.15, -0.1) is 0 Å². The van der Waals surface area contributed by atoms with Gasteiger partial charge in [0.25, 0.3) is 0 Å². The molecule has 1 heterocycles. The first-order valence-corrected chi connectivity index (χ1v) is 4.48. The third kappa shape index (κ3) is 2.17. The van der Waals surface area contributed by atoms with E-state index < -0.39 is 18.4 Å². The Morgan fingerprint density at radius 1 is 1.25 bits per heavy atom. The van der Waals surface area contributed by atoms with Crippen LogP contribution in [0, 0.1) is 0 Å². The lowest BCUT2D eigenvalue weighted by molar-refractivity contribution is -0.0325. The molecular formula is C8H18N2O2. The maximum absolute atomic E-state index is 9.63. The highest BCUT2D eigenvalue weighted by Gasteiger charge is 2.27. The van der Waals surface area contributed by atoms with Gasteiger partial charge >= 0.3 is 0 Å². The second-order valence-corrected chi connectivity index (χ2v) is 3.47. The van der Waals surface area contributed by atoms with Gasteiger partial charge in [0.15, 0.2) is 0 Å². The van der Waals surface area contributed by atoms with Crippen LogP contribution in [0.1, 0.15) is 19.8 Å². The van der Waals surface area contributed by atoms with Crippen molar-refractivity contribution in [2.75, 3.05) is 13.1 Å². The highest BCUT2D eigenvalue weighted by molar-refractivity contribution is 4.80. The van der Waals surface area contributed by atoms with E-state index in [1.807, 2.05) is 4.90 Å². The number of hydrogen-bond donors (Lipinski definition) is 3. The van der Waals surface area contributed by atoms with Gasteiger partial charge in [-0.25, -0.2) is 0 Å². The van der Waals surface area contributed by atoms with Gasteiger partial charge in [-0.05, 0) is 19.8 Å². The van der Waals surface area contributed by atoms with Gasteiger partial charge in [0.1, 0.15) is 6.23 Å². The molecule has 1 aliphatic heterocycles. The molecule has 0 bridgehead atoms. The van der Waals surface area contributed by atoms with Gasteiger partial charge in [-0.3, -0.25) is 4.90 Å². The first-order valence-electron chi connectivity index (χ1n) is 4.48. The van der Waals surface area contributed by atoms with Crippen molar-refractivity contribution in [3.05, 3.63) is 0 Å². The van der Waals surface area contributed by atoms with Crippen molar-refractivity contribution in [3.8, 4) is 0 Å². The molecule has 4 nitrogen and oxygen atoms in total. The van der Waals surface area contributed by atoms with Crippen molar-refractivity contribution in [1.82, 2.24) is 4.90 Å². The molecule has 12 heavy (non-hydrogen) atoms. The molecule has 72 valence electrons. The third-order valence-corrected chi connectivity index (χ3v) is 2.42. The maximum atomic E-state index is 9.63. The van der Waals surface area contributed by atoms with E-state index in [0.717, 1.165) is 25.9 Å². The summed E-state index contributed by atoms with van der Waals surface area (Å²) in [5, 5.41) is 18.8. The van der Waals surface area contributed by atoms with Gasteiger partial charge in [0, 0.05) is 13.1 Å². The average Bonchev–Trinajstić information content (AvgIpc) is 2.53. The van der Waals surface area contributed by atoms with Crippen molar-refractivity contribution in [2.45, 2.75) is 38.1 Å². The van der Waals surface area contributed by atoms with E-state index >= 15 is 0 Å². The summed E-state index contributed by atoms with van der Waals surface area (Å²) in [6.07, 6.45) is 0.890. The zero-order chi connectivity index (χ0) is 9.14. The van der Waals surface area contributed by atoms with Crippen LogP contribution < -0.4 is 5.73 Å². The normalized spacial score (nSPS) is 27.0. The Hall–Kier alpha value is -0.160. The van der Waals surface area contributed by atoms with E-state index in [9.17, 15) is 5.11 Å². The molecular weight excluding hydrogens is 156 g/mol. The van der Waals surface area contributed by atoms with Crippen LogP contribution in [0.15, 0.2) is 0 Å². The van der Waals surface area contributed by atoms with Crippen molar-refractivity contribution < 1.29 is 10.2 Å². The van der Waals surface area contributed by atoms with Gasteiger partial charge in [0.05, 0.1) is 12.1 Å². The number of nitrogens with two attached hydrogens (primary N) is 1. The predicted octanol–water partition coefficient (Wildman–Crippen LogP) is -0.891. The lowest BCUT2D eigenvalue weighted by Crippen LogP contribution is -2.51.